The van der Waals surface area contributed by atoms with Gasteiger partial charge in [0.15, 0.2) is 0 Å². The van der Waals surface area contributed by atoms with Gasteiger partial charge >= 0.3 is 0 Å². The zero-order valence-corrected chi connectivity index (χ0v) is 27.0. The number of aromatic nitrogens is 2. The van der Waals surface area contributed by atoms with Gasteiger partial charge in [0.05, 0.1) is 23.7 Å². The maximum absolute atomic E-state index is 14.4. The zero-order valence-electron chi connectivity index (χ0n) is 27.0. The average Bonchev–Trinajstić information content (AvgIpc) is 3.78. The molecule has 3 aliphatic rings. The first-order valence-corrected chi connectivity index (χ1v) is 16.4. The number of likely N-dealkylation sites (tertiary alicyclic amines) is 2. The van der Waals surface area contributed by atoms with Crippen LogP contribution in [-0.4, -0.2) is 101 Å². The Morgan fingerprint density at radius 2 is 1.82 bits per heavy atom. The highest BCUT2D eigenvalue weighted by atomic mass is 16.2. The lowest BCUT2D eigenvalue weighted by Gasteiger charge is -2.38. The van der Waals surface area contributed by atoms with Gasteiger partial charge in [-0.3, -0.25) is 19.1 Å². The van der Waals surface area contributed by atoms with Gasteiger partial charge in [-0.05, 0) is 88.3 Å². The summed E-state index contributed by atoms with van der Waals surface area (Å²) in [7, 11) is 5.87. The number of carbonyl (C=O) groups is 3. The van der Waals surface area contributed by atoms with E-state index in [4.69, 9.17) is 0 Å². The van der Waals surface area contributed by atoms with Gasteiger partial charge in [-0.25, -0.2) is 0 Å². The molecule has 10 heteroatoms. The maximum Gasteiger partial charge on any atom is 0.243 e. The number of nitrogens with one attached hydrogen (secondary N) is 2. The number of aryl methyl sites for hydroxylation is 2. The molecular formula is C35H47N7O3. The highest BCUT2D eigenvalue weighted by Crippen LogP contribution is 2.31. The smallest absolute Gasteiger partial charge is 0.243 e. The lowest BCUT2D eigenvalue weighted by Crippen LogP contribution is -2.59. The van der Waals surface area contributed by atoms with Crippen LogP contribution in [0.3, 0.4) is 0 Å². The standard InChI is InChI=1S/C35H47N7O3/c1-23-7-9-24(10-8-23)16-26-18-31(33(43)37-19-25-11-12-30-27(17-25)20-38-41(30)4)42(21-26)35(45)32-29(6-5-14-36-32)34(44)40(3)28-13-15-39(2)22-28/h7-12,17,20,26,28-29,31-32,36H,5-6,13-16,18-19,21-22H2,1-4H3,(H,37,43)/t26-,28?,29+,31+,32-/m1/s1. The van der Waals surface area contributed by atoms with Crippen LogP contribution < -0.4 is 10.6 Å². The lowest BCUT2D eigenvalue weighted by molar-refractivity contribution is -0.147. The number of rotatable bonds is 8. The van der Waals surface area contributed by atoms with E-state index in [0.29, 0.717) is 32.5 Å². The molecule has 3 fully saturated rings. The number of likely N-dealkylation sites (N-methyl/N-ethyl adjacent to an activating group) is 2. The minimum atomic E-state index is -0.630. The Morgan fingerprint density at radius 1 is 1.04 bits per heavy atom. The van der Waals surface area contributed by atoms with Gasteiger partial charge in [0.2, 0.25) is 17.7 Å². The summed E-state index contributed by atoms with van der Waals surface area (Å²) in [6, 6.07) is 13.5. The van der Waals surface area contributed by atoms with Crippen molar-refractivity contribution in [1.29, 1.82) is 0 Å². The van der Waals surface area contributed by atoms with E-state index < -0.39 is 18.0 Å². The van der Waals surface area contributed by atoms with Crippen LogP contribution in [0.25, 0.3) is 10.9 Å². The molecule has 2 aromatic carbocycles. The molecule has 5 atom stereocenters. The first-order valence-electron chi connectivity index (χ1n) is 16.4. The summed E-state index contributed by atoms with van der Waals surface area (Å²) in [6.07, 6.45) is 5.67. The van der Waals surface area contributed by atoms with Crippen molar-refractivity contribution in [3.05, 3.63) is 65.4 Å². The molecule has 45 heavy (non-hydrogen) atoms. The predicted octanol–water partition coefficient (Wildman–Crippen LogP) is 2.49. The highest BCUT2D eigenvalue weighted by Gasteiger charge is 2.46. The molecule has 0 aliphatic carbocycles. The molecule has 3 aromatic rings. The Kier molecular flexibility index (Phi) is 9.23. The summed E-state index contributed by atoms with van der Waals surface area (Å²) in [5.74, 6) is -0.538. The van der Waals surface area contributed by atoms with Gasteiger partial charge in [-0.2, -0.15) is 5.10 Å². The van der Waals surface area contributed by atoms with Crippen molar-refractivity contribution >= 4 is 28.6 Å². The number of fused-ring (bicyclic) bond motifs is 1. The molecule has 0 bridgehead atoms. The largest absolute Gasteiger partial charge is 0.350 e. The second-order valence-corrected chi connectivity index (χ2v) is 13.5. The molecule has 3 amide bonds. The van der Waals surface area contributed by atoms with Crippen molar-refractivity contribution in [2.75, 3.05) is 40.3 Å². The van der Waals surface area contributed by atoms with E-state index in [-0.39, 0.29) is 29.7 Å². The van der Waals surface area contributed by atoms with Gasteiger partial charge in [0.1, 0.15) is 6.04 Å². The quantitative estimate of drug-likeness (QED) is 0.405. The molecule has 3 saturated heterocycles. The van der Waals surface area contributed by atoms with Crippen LogP contribution in [0.5, 0.6) is 0 Å². The van der Waals surface area contributed by atoms with Crippen LogP contribution in [-0.2, 0) is 34.4 Å². The fraction of sp³-hybridized carbons (Fsp3) is 0.543. The first-order chi connectivity index (χ1) is 21.7. The predicted molar refractivity (Wildman–Crippen MR) is 174 cm³/mol. The monoisotopic (exact) mass is 613 g/mol. The minimum Gasteiger partial charge on any atom is -0.350 e. The van der Waals surface area contributed by atoms with Crippen LogP contribution >= 0.6 is 0 Å². The van der Waals surface area contributed by atoms with Crippen LogP contribution in [0.15, 0.2) is 48.7 Å². The molecule has 3 aliphatic heterocycles. The Hall–Kier alpha value is -3.76. The van der Waals surface area contributed by atoms with Crippen molar-refractivity contribution in [2.45, 2.75) is 63.7 Å². The van der Waals surface area contributed by atoms with Crippen molar-refractivity contribution < 1.29 is 14.4 Å². The van der Waals surface area contributed by atoms with E-state index in [9.17, 15) is 14.4 Å². The van der Waals surface area contributed by atoms with Crippen molar-refractivity contribution in [3.8, 4) is 0 Å². The second kappa shape index (κ2) is 13.3. The van der Waals surface area contributed by atoms with Gasteiger partial charge in [-0.1, -0.05) is 35.9 Å². The number of hydrogen-bond acceptors (Lipinski definition) is 6. The second-order valence-electron chi connectivity index (χ2n) is 13.5. The molecule has 2 N–H and O–H groups in total. The summed E-state index contributed by atoms with van der Waals surface area (Å²) in [5, 5.41) is 11.9. The van der Waals surface area contributed by atoms with Crippen LogP contribution in [0.1, 0.15) is 42.4 Å². The Morgan fingerprint density at radius 3 is 2.58 bits per heavy atom. The molecule has 0 spiro atoms. The molecule has 4 heterocycles. The number of hydrogen-bond donors (Lipinski definition) is 2. The number of benzene rings is 2. The van der Waals surface area contributed by atoms with Crippen LogP contribution in [0.2, 0.25) is 0 Å². The number of nitrogens with zero attached hydrogens (tertiary/aromatic N) is 5. The molecule has 6 rings (SSSR count). The highest BCUT2D eigenvalue weighted by molar-refractivity contribution is 5.94. The third-order valence-corrected chi connectivity index (χ3v) is 10.2. The molecule has 1 unspecified atom stereocenters. The third-order valence-electron chi connectivity index (χ3n) is 10.2. The van der Waals surface area contributed by atoms with Gasteiger partial charge < -0.3 is 25.3 Å². The molecule has 0 radical (unpaired) electrons. The summed E-state index contributed by atoms with van der Waals surface area (Å²) in [6.45, 7) is 5.44. The molecular weight excluding hydrogens is 566 g/mol. The van der Waals surface area contributed by atoms with E-state index in [0.717, 1.165) is 48.8 Å². The normalized spacial score (nSPS) is 25.5. The van der Waals surface area contributed by atoms with E-state index in [1.54, 1.807) is 4.90 Å². The summed E-state index contributed by atoms with van der Waals surface area (Å²) in [5.41, 5.74) is 4.43. The summed E-state index contributed by atoms with van der Waals surface area (Å²) in [4.78, 5) is 47.9. The minimum absolute atomic E-state index is 0.0306. The van der Waals surface area contributed by atoms with Crippen molar-refractivity contribution in [3.63, 3.8) is 0 Å². The maximum atomic E-state index is 14.4. The molecule has 240 valence electrons. The van der Waals surface area contributed by atoms with Crippen LogP contribution in [0.4, 0.5) is 0 Å². The first kappa shape index (κ1) is 31.2. The summed E-state index contributed by atoms with van der Waals surface area (Å²) >= 11 is 0. The van der Waals surface area contributed by atoms with E-state index in [2.05, 4.69) is 58.9 Å². The number of piperidine rings is 1. The van der Waals surface area contributed by atoms with E-state index >= 15 is 0 Å². The van der Waals surface area contributed by atoms with Gasteiger partial charge in [0, 0.05) is 45.2 Å². The Bertz CT molecular complexity index is 1540. The van der Waals surface area contributed by atoms with Crippen molar-refractivity contribution in [2.24, 2.45) is 18.9 Å². The molecule has 10 nitrogen and oxygen atoms in total. The van der Waals surface area contributed by atoms with E-state index in [1.165, 1.54) is 11.1 Å². The third kappa shape index (κ3) is 6.77. The SMILES string of the molecule is Cc1ccc(C[C@@H]2C[C@@H](C(=O)NCc3ccc4c(cnn4C)c3)N(C(=O)[C@@H]3NCCC[C@@H]3C(=O)N(C)C3CCN(C)C3)C2)cc1. The lowest BCUT2D eigenvalue weighted by atomic mass is 9.88. The van der Waals surface area contributed by atoms with E-state index in [1.807, 2.05) is 48.1 Å². The van der Waals surface area contributed by atoms with Gasteiger partial charge in [-0.15, -0.1) is 0 Å². The zero-order chi connectivity index (χ0) is 31.7. The average molecular weight is 614 g/mol. The van der Waals surface area contributed by atoms with Crippen molar-refractivity contribution in [1.82, 2.24) is 35.1 Å². The Balaban J connectivity index is 1.19. The van der Waals surface area contributed by atoms with Gasteiger partial charge in [0.25, 0.3) is 0 Å². The molecule has 1 aromatic heterocycles. The topological polar surface area (TPSA) is 103 Å². The number of carbonyl (C=O) groups excluding carboxylic acids is 3. The Labute approximate surface area is 266 Å². The summed E-state index contributed by atoms with van der Waals surface area (Å²) < 4.78 is 1.83. The number of amides is 3. The molecule has 0 saturated carbocycles. The van der Waals surface area contributed by atoms with Crippen LogP contribution in [0, 0.1) is 18.8 Å². The fourth-order valence-electron chi connectivity index (χ4n) is 7.51. The fourth-order valence-corrected chi connectivity index (χ4v) is 7.51.